The molecule has 0 bridgehead atoms. The van der Waals surface area contributed by atoms with Gasteiger partial charge in [-0.3, -0.25) is 4.90 Å². The number of piperazine rings is 1. The van der Waals surface area contributed by atoms with Crippen LogP contribution in [0.4, 0.5) is 0 Å². The summed E-state index contributed by atoms with van der Waals surface area (Å²) in [5.41, 5.74) is 1.27. The smallest absolute Gasteiger partial charge is 0.161 e. The Morgan fingerprint density at radius 2 is 1.76 bits per heavy atom. The van der Waals surface area contributed by atoms with Crippen molar-refractivity contribution >= 4 is 0 Å². The molecule has 0 spiro atoms. The molecule has 0 aliphatic carbocycles. The summed E-state index contributed by atoms with van der Waals surface area (Å²) in [6, 6.07) is 6.59. The highest BCUT2D eigenvalue weighted by atomic mass is 16.5. The molecule has 0 radical (unpaired) electrons. The minimum atomic E-state index is 0.364. The Bertz CT molecular complexity index is 445. The fraction of sp³-hybridized carbons (Fsp3) is 0.625. The molecule has 1 fully saturated rings. The third-order valence-corrected chi connectivity index (χ3v) is 4.17. The molecule has 118 valence electrons. The van der Waals surface area contributed by atoms with Crippen LogP contribution in [0, 0.1) is 0 Å². The highest BCUT2D eigenvalue weighted by Crippen LogP contribution is 2.32. The van der Waals surface area contributed by atoms with Crippen LogP contribution >= 0.6 is 0 Å². The molecule has 1 N–H and O–H groups in total. The van der Waals surface area contributed by atoms with Gasteiger partial charge in [0.25, 0.3) is 0 Å². The van der Waals surface area contributed by atoms with Gasteiger partial charge in [-0.15, -0.1) is 0 Å². The van der Waals surface area contributed by atoms with Crippen molar-refractivity contribution in [2.24, 2.45) is 0 Å². The molecule has 2 rings (SSSR count). The molecular formula is C16H27N3O2. The molecule has 1 atom stereocenters. The number of rotatable bonds is 6. The van der Waals surface area contributed by atoms with E-state index in [9.17, 15) is 0 Å². The Hall–Kier alpha value is -1.30. The summed E-state index contributed by atoms with van der Waals surface area (Å²) in [5.74, 6) is 1.58. The topological polar surface area (TPSA) is 37.0 Å². The van der Waals surface area contributed by atoms with Crippen molar-refractivity contribution in [2.45, 2.75) is 6.04 Å². The molecule has 5 heteroatoms. The molecule has 0 saturated carbocycles. The summed E-state index contributed by atoms with van der Waals surface area (Å²) in [5, 5.41) is 3.31. The van der Waals surface area contributed by atoms with E-state index in [2.05, 4.69) is 34.3 Å². The number of benzene rings is 1. The number of hydrogen-bond acceptors (Lipinski definition) is 5. The number of methoxy groups -OCH3 is 2. The maximum atomic E-state index is 5.44. The van der Waals surface area contributed by atoms with Crippen LogP contribution in [0.25, 0.3) is 0 Å². The van der Waals surface area contributed by atoms with Gasteiger partial charge >= 0.3 is 0 Å². The monoisotopic (exact) mass is 293 g/mol. The average Bonchev–Trinajstić information content (AvgIpc) is 2.53. The summed E-state index contributed by atoms with van der Waals surface area (Å²) in [7, 11) is 7.54. The van der Waals surface area contributed by atoms with Crippen LogP contribution < -0.4 is 14.8 Å². The maximum Gasteiger partial charge on any atom is 0.161 e. The summed E-state index contributed by atoms with van der Waals surface area (Å²) in [6.45, 7) is 5.36. The van der Waals surface area contributed by atoms with E-state index in [-0.39, 0.29) is 0 Å². The van der Waals surface area contributed by atoms with Crippen LogP contribution in [0.2, 0.25) is 0 Å². The molecule has 1 saturated heterocycles. The van der Waals surface area contributed by atoms with Gasteiger partial charge in [-0.05, 0) is 31.8 Å². The highest BCUT2D eigenvalue weighted by Gasteiger charge is 2.24. The van der Waals surface area contributed by atoms with E-state index < -0.39 is 0 Å². The van der Waals surface area contributed by atoms with Crippen molar-refractivity contribution in [2.75, 3.05) is 61.0 Å². The first-order valence-electron chi connectivity index (χ1n) is 7.48. The molecular weight excluding hydrogens is 266 g/mol. The Labute approximate surface area is 127 Å². The molecule has 0 amide bonds. The predicted molar refractivity (Wildman–Crippen MR) is 85.3 cm³/mol. The van der Waals surface area contributed by atoms with Crippen LogP contribution in [-0.2, 0) is 0 Å². The molecule has 1 unspecified atom stereocenters. The lowest BCUT2D eigenvalue weighted by molar-refractivity contribution is 0.111. The van der Waals surface area contributed by atoms with Crippen molar-refractivity contribution in [1.29, 1.82) is 0 Å². The zero-order chi connectivity index (χ0) is 15.2. The van der Waals surface area contributed by atoms with E-state index in [1.165, 1.54) is 5.56 Å². The summed E-state index contributed by atoms with van der Waals surface area (Å²) in [4.78, 5) is 4.92. The van der Waals surface area contributed by atoms with E-state index in [1.54, 1.807) is 14.2 Å². The number of hydrogen-bond donors (Lipinski definition) is 1. The molecule has 0 aromatic heterocycles. The van der Waals surface area contributed by atoms with E-state index in [1.807, 2.05) is 13.1 Å². The predicted octanol–water partition coefficient (Wildman–Crippen LogP) is 1.21. The van der Waals surface area contributed by atoms with Gasteiger partial charge in [-0.25, -0.2) is 0 Å². The zero-order valence-corrected chi connectivity index (χ0v) is 13.6. The Morgan fingerprint density at radius 3 is 2.33 bits per heavy atom. The largest absolute Gasteiger partial charge is 0.493 e. The van der Waals surface area contributed by atoms with Crippen molar-refractivity contribution in [1.82, 2.24) is 15.1 Å². The van der Waals surface area contributed by atoms with Crippen molar-refractivity contribution in [3.63, 3.8) is 0 Å². The SMILES string of the molecule is CNCC(c1ccc(OC)c(OC)c1)N1CCN(C)CC1. The molecule has 1 heterocycles. The van der Waals surface area contributed by atoms with E-state index in [0.717, 1.165) is 44.2 Å². The lowest BCUT2D eigenvalue weighted by atomic mass is 10.0. The second kappa shape index (κ2) is 7.64. The lowest BCUT2D eigenvalue weighted by Crippen LogP contribution is -2.47. The first kappa shape index (κ1) is 16.1. The van der Waals surface area contributed by atoms with Crippen LogP contribution in [0.5, 0.6) is 11.5 Å². The molecule has 21 heavy (non-hydrogen) atoms. The Morgan fingerprint density at radius 1 is 1.10 bits per heavy atom. The summed E-state index contributed by atoms with van der Waals surface area (Å²) >= 11 is 0. The number of ether oxygens (including phenoxy) is 2. The van der Waals surface area contributed by atoms with Gasteiger partial charge < -0.3 is 19.7 Å². The van der Waals surface area contributed by atoms with Crippen molar-refractivity contribution in [3.8, 4) is 11.5 Å². The zero-order valence-electron chi connectivity index (χ0n) is 13.6. The summed E-state index contributed by atoms with van der Waals surface area (Å²) < 4.78 is 10.8. The van der Waals surface area contributed by atoms with Gasteiger partial charge in [-0.2, -0.15) is 0 Å². The van der Waals surface area contributed by atoms with Gasteiger partial charge in [0.1, 0.15) is 0 Å². The second-order valence-electron chi connectivity index (χ2n) is 5.53. The fourth-order valence-electron chi connectivity index (χ4n) is 2.84. The number of nitrogens with zero attached hydrogens (tertiary/aromatic N) is 2. The molecule has 1 aromatic carbocycles. The molecule has 1 aliphatic rings. The first-order valence-corrected chi connectivity index (χ1v) is 7.48. The first-order chi connectivity index (χ1) is 10.2. The minimum absolute atomic E-state index is 0.364. The van der Waals surface area contributed by atoms with Crippen LogP contribution in [0.3, 0.4) is 0 Å². The Balaban J connectivity index is 2.21. The number of nitrogens with one attached hydrogen (secondary N) is 1. The highest BCUT2D eigenvalue weighted by molar-refractivity contribution is 5.44. The van der Waals surface area contributed by atoms with Gasteiger partial charge in [0.05, 0.1) is 14.2 Å². The van der Waals surface area contributed by atoms with Crippen LogP contribution in [0.15, 0.2) is 18.2 Å². The third kappa shape index (κ3) is 3.87. The maximum absolute atomic E-state index is 5.44. The standard InChI is InChI=1S/C16H27N3O2/c1-17-12-14(19-9-7-18(2)8-10-19)13-5-6-15(20-3)16(11-13)21-4/h5-6,11,14,17H,7-10,12H2,1-4H3. The average molecular weight is 293 g/mol. The van der Waals surface area contributed by atoms with E-state index in [4.69, 9.17) is 9.47 Å². The van der Waals surface area contributed by atoms with Crippen LogP contribution in [0.1, 0.15) is 11.6 Å². The van der Waals surface area contributed by atoms with Gasteiger partial charge in [0.15, 0.2) is 11.5 Å². The van der Waals surface area contributed by atoms with Gasteiger partial charge in [0.2, 0.25) is 0 Å². The quantitative estimate of drug-likeness (QED) is 0.853. The second-order valence-corrected chi connectivity index (χ2v) is 5.53. The normalized spacial score (nSPS) is 18.5. The Kier molecular flexibility index (Phi) is 5.85. The molecule has 1 aliphatic heterocycles. The van der Waals surface area contributed by atoms with E-state index >= 15 is 0 Å². The molecule has 5 nitrogen and oxygen atoms in total. The number of likely N-dealkylation sites (N-methyl/N-ethyl adjacent to an activating group) is 2. The summed E-state index contributed by atoms with van der Waals surface area (Å²) in [6.07, 6.45) is 0. The van der Waals surface area contributed by atoms with Crippen molar-refractivity contribution < 1.29 is 9.47 Å². The third-order valence-electron chi connectivity index (χ3n) is 4.17. The van der Waals surface area contributed by atoms with Crippen LogP contribution in [-0.4, -0.2) is 70.8 Å². The minimum Gasteiger partial charge on any atom is -0.493 e. The van der Waals surface area contributed by atoms with Gasteiger partial charge in [0, 0.05) is 38.8 Å². The fourth-order valence-corrected chi connectivity index (χ4v) is 2.84. The lowest BCUT2D eigenvalue weighted by Gasteiger charge is -2.38. The molecule has 1 aromatic rings. The van der Waals surface area contributed by atoms with E-state index in [0.29, 0.717) is 6.04 Å². The van der Waals surface area contributed by atoms with Gasteiger partial charge in [-0.1, -0.05) is 6.07 Å². The van der Waals surface area contributed by atoms with Crippen molar-refractivity contribution in [3.05, 3.63) is 23.8 Å².